The van der Waals surface area contributed by atoms with Crippen LogP contribution < -0.4 is 0 Å². The number of benzene rings is 1. The molecule has 8 heteroatoms. The van der Waals surface area contributed by atoms with Gasteiger partial charge in [-0.3, -0.25) is 19.3 Å². The van der Waals surface area contributed by atoms with Crippen molar-refractivity contribution in [1.82, 2.24) is 14.4 Å². The Balaban J connectivity index is 1.56. The fourth-order valence-electron chi connectivity index (χ4n) is 3.35. The third kappa shape index (κ3) is 3.47. The molecule has 1 aromatic heterocycles. The van der Waals surface area contributed by atoms with Crippen LogP contribution >= 0.6 is 11.8 Å². The third-order valence-electron chi connectivity index (χ3n) is 4.80. The standard InChI is InChI=1S/C20H18FN3O3S/c21-15-7-1-2-8-16(15)23-11-5-6-14(23)12-17-19(26)24(20(27)28-17)13-18(25)22-9-3-4-10-22/h1-2,5-8,11-12H,3-4,9-10,13H2/b17-12+. The molecule has 2 saturated heterocycles. The fraction of sp³-hybridized carbons (Fsp3) is 0.250. The molecule has 2 aromatic rings. The summed E-state index contributed by atoms with van der Waals surface area (Å²) in [6, 6.07) is 9.78. The van der Waals surface area contributed by atoms with Gasteiger partial charge in [-0.15, -0.1) is 0 Å². The Bertz CT molecular complexity index is 979. The molecule has 2 fully saturated rings. The molecule has 0 bridgehead atoms. The van der Waals surface area contributed by atoms with Crippen molar-refractivity contribution in [3.8, 4) is 5.69 Å². The van der Waals surface area contributed by atoms with E-state index in [0.29, 0.717) is 24.5 Å². The van der Waals surface area contributed by atoms with Crippen molar-refractivity contribution < 1.29 is 18.8 Å². The van der Waals surface area contributed by atoms with Gasteiger partial charge in [0.1, 0.15) is 12.4 Å². The molecule has 4 rings (SSSR count). The van der Waals surface area contributed by atoms with Gasteiger partial charge in [-0.2, -0.15) is 0 Å². The highest BCUT2D eigenvalue weighted by atomic mass is 32.2. The Labute approximate surface area is 165 Å². The Morgan fingerprint density at radius 1 is 1.11 bits per heavy atom. The minimum atomic E-state index is -0.496. The van der Waals surface area contributed by atoms with E-state index in [9.17, 15) is 18.8 Å². The molecule has 0 spiro atoms. The zero-order chi connectivity index (χ0) is 19.7. The van der Waals surface area contributed by atoms with E-state index in [1.54, 1.807) is 52.1 Å². The number of halogens is 1. The summed E-state index contributed by atoms with van der Waals surface area (Å²) < 4.78 is 15.7. The largest absolute Gasteiger partial charge is 0.341 e. The highest BCUT2D eigenvalue weighted by Gasteiger charge is 2.37. The summed E-state index contributed by atoms with van der Waals surface area (Å²) in [6.45, 7) is 1.10. The van der Waals surface area contributed by atoms with Gasteiger partial charge in [-0.25, -0.2) is 4.39 Å². The maximum Gasteiger partial charge on any atom is 0.294 e. The number of thioether (sulfide) groups is 1. The second-order valence-corrected chi connectivity index (χ2v) is 7.60. The Morgan fingerprint density at radius 2 is 1.86 bits per heavy atom. The monoisotopic (exact) mass is 399 g/mol. The van der Waals surface area contributed by atoms with Crippen molar-refractivity contribution in [2.75, 3.05) is 19.6 Å². The van der Waals surface area contributed by atoms with E-state index in [1.807, 2.05) is 0 Å². The highest BCUT2D eigenvalue weighted by molar-refractivity contribution is 8.18. The van der Waals surface area contributed by atoms with Gasteiger partial charge in [0.05, 0.1) is 10.6 Å². The number of hydrogen-bond acceptors (Lipinski definition) is 4. The number of aromatic nitrogens is 1. The number of hydrogen-bond donors (Lipinski definition) is 0. The van der Waals surface area contributed by atoms with Crippen LogP contribution in [0.1, 0.15) is 18.5 Å². The Morgan fingerprint density at radius 3 is 2.61 bits per heavy atom. The van der Waals surface area contributed by atoms with Gasteiger partial charge in [0.2, 0.25) is 5.91 Å². The number of likely N-dealkylation sites (tertiary alicyclic amines) is 1. The Hall–Kier alpha value is -2.87. The summed E-state index contributed by atoms with van der Waals surface area (Å²) >= 11 is 0.793. The quantitative estimate of drug-likeness (QED) is 0.741. The fourth-order valence-corrected chi connectivity index (χ4v) is 4.17. The maximum absolute atomic E-state index is 14.1. The number of para-hydroxylation sites is 1. The van der Waals surface area contributed by atoms with Gasteiger partial charge in [-0.1, -0.05) is 12.1 Å². The first kappa shape index (κ1) is 18.5. The SMILES string of the molecule is O=C(CN1C(=O)S/C(=C/c2cccn2-c2ccccc2F)C1=O)N1CCCC1. The van der Waals surface area contributed by atoms with E-state index in [2.05, 4.69) is 0 Å². The zero-order valence-corrected chi connectivity index (χ0v) is 15.8. The molecule has 2 aliphatic rings. The summed E-state index contributed by atoms with van der Waals surface area (Å²) in [7, 11) is 0. The van der Waals surface area contributed by atoms with Crippen molar-refractivity contribution in [2.24, 2.45) is 0 Å². The molecule has 6 nitrogen and oxygen atoms in total. The molecular formula is C20H18FN3O3S. The topological polar surface area (TPSA) is 62.6 Å². The second-order valence-electron chi connectivity index (χ2n) is 6.61. The average Bonchev–Trinajstić information content (AvgIpc) is 3.41. The number of amides is 3. The number of carbonyl (C=O) groups excluding carboxylic acids is 3. The zero-order valence-electron chi connectivity index (χ0n) is 15.0. The first-order chi connectivity index (χ1) is 13.5. The minimum Gasteiger partial charge on any atom is -0.341 e. The Kier molecular flexibility index (Phi) is 5.04. The predicted molar refractivity (Wildman–Crippen MR) is 104 cm³/mol. The summed E-state index contributed by atoms with van der Waals surface area (Å²) in [5.74, 6) is -1.10. The smallest absolute Gasteiger partial charge is 0.294 e. The van der Waals surface area contributed by atoms with Crippen LogP contribution in [0.3, 0.4) is 0 Å². The van der Waals surface area contributed by atoms with Crippen LogP contribution in [-0.4, -0.2) is 51.1 Å². The first-order valence-corrected chi connectivity index (χ1v) is 9.81. The van der Waals surface area contributed by atoms with Crippen LogP contribution in [0.4, 0.5) is 9.18 Å². The lowest BCUT2D eigenvalue weighted by Crippen LogP contribution is -2.40. The van der Waals surface area contributed by atoms with Gasteiger partial charge in [0, 0.05) is 25.0 Å². The molecule has 0 radical (unpaired) electrons. The molecule has 28 heavy (non-hydrogen) atoms. The maximum atomic E-state index is 14.1. The van der Waals surface area contributed by atoms with Gasteiger partial charge >= 0.3 is 0 Å². The van der Waals surface area contributed by atoms with Crippen molar-refractivity contribution in [3.63, 3.8) is 0 Å². The molecule has 144 valence electrons. The number of rotatable bonds is 4. The molecule has 0 N–H and O–H groups in total. The van der Waals surface area contributed by atoms with E-state index >= 15 is 0 Å². The summed E-state index contributed by atoms with van der Waals surface area (Å²) in [5.41, 5.74) is 0.920. The third-order valence-corrected chi connectivity index (χ3v) is 5.70. The van der Waals surface area contributed by atoms with Crippen molar-refractivity contribution >= 4 is 34.9 Å². The first-order valence-electron chi connectivity index (χ1n) is 9.00. The summed E-state index contributed by atoms with van der Waals surface area (Å²) in [4.78, 5) is 40.1. The molecule has 0 unspecified atom stereocenters. The molecule has 3 heterocycles. The molecule has 1 aromatic carbocycles. The van der Waals surface area contributed by atoms with E-state index in [-0.39, 0.29) is 17.4 Å². The van der Waals surface area contributed by atoms with Gasteiger partial charge in [0.15, 0.2) is 0 Å². The lowest BCUT2D eigenvalue weighted by atomic mass is 10.3. The van der Waals surface area contributed by atoms with Crippen molar-refractivity contribution in [3.05, 3.63) is 59.0 Å². The van der Waals surface area contributed by atoms with E-state index < -0.39 is 17.0 Å². The predicted octanol–water partition coefficient (Wildman–Crippen LogP) is 3.28. The van der Waals surface area contributed by atoms with Crippen LogP contribution in [0, 0.1) is 5.82 Å². The summed E-state index contributed by atoms with van der Waals surface area (Å²) in [6.07, 6.45) is 5.13. The molecule has 2 aliphatic heterocycles. The number of carbonyl (C=O) groups is 3. The van der Waals surface area contributed by atoms with Gasteiger partial charge < -0.3 is 9.47 Å². The van der Waals surface area contributed by atoms with Crippen molar-refractivity contribution in [1.29, 1.82) is 0 Å². The molecule has 0 atom stereocenters. The van der Waals surface area contributed by atoms with E-state index in [4.69, 9.17) is 0 Å². The van der Waals surface area contributed by atoms with E-state index in [0.717, 1.165) is 29.5 Å². The number of imide groups is 1. The summed E-state index contributed by atoms with van der Waals surface area (Å²) in [5, 5.41) is -0.465. The molecule has 3 amide bonds. The normalized spacial score (nSPS) is 18.5. The lowest BCUT2D eigenvalue weighted by molar-refractivity contribution is -0.135. The van der Waals surface area contributed by atoms with Crippen LogP contribution in [0.2, 0.25) is 0 Å². The second kappa shape index (κ2) is 7.63. The van der Waals surface area contributed by atoms with Gasteiger partial charge in [0.25, 0.3) is 11.1 Å². The van der Waals surface area contributed by atoms with Crippen LogP contribution in [0.25, 0.3) is 11.8 Å². The van der Waals surface area contributed by atoms with Crippen LogP contribution in [-0.2, 0) is 9.59 Å². The minimum absolute atomic E-state index is 0.212. The average molecular weight is 399 g/mol. The van der Waals surface area contributed by atoms with Crippen LogP contribution in [0.5, 0.6) is 0 Å². The highest BCUT2D eigenvalue weighted by Crippen LogP contribution is 2.33. The molecular weight excluding hydrogens is 381 g/mol. The van der Waals surface area contributed by atoms with E-state index in [1.165, 1.54) is 6.07 Å². The van der Waals surface area contributed by atoms with Crippen LogP contribution in [0.15, 0.2) is 47.5 Å². The molecule has 0 saturated carbocycles. The molecule has 0 aliphatic carbocycles. The van der Waals surface area contributed by atoms with Crippen molar-refractivity contribution in [2.45, 2.75) is 12.8 Å². The lowest BCUT2D eigenvalue weighted by Gasteiger charge is -2.18. The van der Waals surface area contributed by atoms with Gasteiger partial charge in [-0.05, 0) is 54.9 Å². The number of nitrogens with zero attached hydrogens (tertiary/aromatic N) is 3.